The third-order valence-corrected chi connectivity index (χ3v) is 6.35. The van der Waals surface area contributed by atoms with Gasteiger partial charge in [0.2, 0.25) is 11.7 Å². The van der Waals surface area contributed by atoms with Crippen LogP contribution in [-0.4, -0.2) is 40.6 Å². The molecule has 0 radical (unpaired) electrons. The van der Waals surface area contributed by atoms with Crippen molar-refractivity contribution >= 4 is 40.2 Å². The number of nitrogens with one attached hydrogen (secondary N) is 1. The number of aromatic nitrogens is 6. The van der Waals surface area contributed by atoms with Crippen molar-refractivity contribution in [3.63, 3.8) is 0 Å². The van der Waals surface area contributed by atoms with Gasteiger partial charge in [-0.15, -0.1) is 10.2 Å². The predicted molar refractivity (Wildman–Crippen MR) is 132 cm³/mol. The molecule has 0 saturated carbocycles. The largest absolute Gasteiger partial charge is 0.310 e. The lowest BCUT2D eigenvalue weighted by molar-refractivity contribution is -0.113. The average molecular weight is 474 g/mol. The highest BCUT2D eigenvalue weighted by atomic mass is 32.2. The molecule has 0 fully saturated rings. The molecule has 34 heavy (non-hydrogen) atoms. The summed E-state index contributed by atoms with van der Waals surface area (Å²) in [5.74, 6) is 1.05. The van der Waals surface area contributed by atoms with E-state index in [0.29, 0.717) is 34.2 Å². The summed E-state index contributed by atoms with van der Waals surface area (Å²) in [5, 5.41) is 16.9. The lowest BCUT2D eigenvalue weighted by Crippen LogP contribution is -2.24. The number of para-hydroxylation sites is 1. The summed E-state index contributed by atoms with van der Waals surface area (Å²) in [6.07, 6.45) is 1.66. The van der Waals surface area contributed by atoms with Gasteiger partial charge >= 0.3 is 0 Å². The normalized spacial score (nSPS) is 11.5. The zero-order valence-corrected chi connectivity index (χ0v) is 19.6. The first-order valence-corrected chi connectivity index (χ1v) is 11.9. The number of nitrogens with zero attached hydrogens (tertiary/aromatic N) is 6. The molecule has 0 aliphatic rings. The molecule has 0 aliphatic heterocycles. The van der Waals surface area contributed by atoms with E-state index in [-0.39, 0.29) is 23.3 Å². The Bertz CT molecular complexity index is 1540. The van der Waals surface area contributed by atoms with E-state index in [4.69, 9.17) is 0 Å². The lowest BCUT2D eigenvalue weighted by Gasteiger charge is -2.12. The molecule has 1 N–H and O–H groups in total. The first-order chi connectivity index (χ1) is 16.5. The standard InChI is InChI=1S/C24H23N7O2S/c1-16(2)31-20(12-13-25-31)26-21(32)15-34-24-28-27-23-29(14-17-8-4-3-5-9-17)22(33)18-10-6-7-11-19(18)30(23)24/h3-13,16H,14-15H2,1-2H3,(H,26,32). The Balaban J connectivity index is 1.48. The maximum absolute atomic E-state index is 13.3. The van der Waals surface area contributed by atoms with E-state index in [1.54, 1.807) is 27.6 Å². The zero-order valence-electron chi connectivity index (χ0n) is 18.8. The summed E-state index contributed by atoms with van der Waals surface area (Å²) >= 11 is 1.27. The molecule has 2 aromatic carbocycles. The van der Waals surface area contributed by atoms with Gasteiger partial charge in [0.05, 0.1) is 29.4 Å². The van der Waals surface area contributed by atoms with E-state index >= 15 is 0 Å². The van der Waals surface area contributed by atoms with E-state index < -0.39 is 0 Å². The predicted octanol–water partition coefficient (Wildman–Crippen LogP) is 3.60. The Morgan fingerprint density at radius 1 is 1.03 bits per heavy atom. The number of fused-ring (bicyclic) bond motifs is 3. The van der Waals surface area contributed by atoms with Gasteiger partial charge in [-0.25, -0.2) is 4.68 Å². The van der Waals surface area contributed by atoms with Gasteiger partial charge in [0.25, 0.3) is 5.56 Å². The van der Waals surface area contributed by atoms with Gasteiger partial charge in [-0.3, -0.25) is 18.6 Å². The second kappa shape index (κ2) is 9.14. The van der Waals surface area contributed by atoms with Crippen molar-refractivity contribution in [1.29, 1.82) is 0 Å². The fourth-order valence-corrected chi connectivity index (χ4v) is 4.61. The van der Waals surface area contributed by atoms with Crippen LogP contribution >= 0.6 is 11.8 Å². The second-order valence-electron chi connectivity index (χ2n) is 8.10. The molecule has 10 heteroatoms. The second-order valence-corrected chi connectivity index (χ2v) is 9.05. The molecule has 3 aromatic heterocycles. The molecule has 0 atom stereocenters. The maximum atomic E-state index is 13.3. The molecule has 0 bridgehead atoms. The quantitative estimate of drug-likeness (QED) is 0.363. The third-order valence-electron chi connectivity index (χ3n) is 5.42. The fraction of sp³-hybridized carbons (Fsp3) is 0.208. The summed E-state index contributed by atoms with van der Waals surface area (Å²) in [5.41, 5.74) is 1.56. The molecule has 3 heterocycles. The monoisotopic (exact) mass is 473 g/mol. The molecule has 5 aromatic rings. The van der Waals surface area contributed by atoms with Crippen LogP contribution in [-0.2, 0) is 11.3 Å². The van der Waals surface area contributed by atoms with Crippen LogP contribution in [0.1, 0.15) is 25.5 Å². The van der Waals surface area contributed by atoms with E-state index in [1.165, 1.54) is 11.8 Å². The minimum absolute atomic E-state index is 0.129. The van der Waals surface area contributed by atoms with Gasteiger partial charge < -0.3 is 5.32 Å². The van der Waals surface area contributed by atoms with Gasteiger partial charge in [0, 0.05) is 12.1 Å². The molecule has 172 valence electrons. The van der Waals surface area contributed by atoms with Crippen LogP contribution in [0.4, 0.5) is 5.82 Å². The zero-order chi connectivity index (χ0) is 23.7. The van der Waals surface area contributed by atoms with Gasteiger partial charge in [-0.1, -0.05) is 54.2 Å². The molecule has 0 saturated heterocycles. The summed E-state index contributed by atoms with van der Waals surface area (Å²) in [7, 11) is 0. The van der Waals surface area contributed by atoms with Crippen molar-refractivity contribution in [1.82, 2.24) is 28.9 Å². The number of amides is 1. The highest BCUT2D eigenvalue weighted by molar-refractivity contribution is 7.99. The molecule has 0 spiro atoms. The van der Waals surface area contributed by atoms with Crippen molar-refractivity contribution in [2.45, 2.75) is 31.6 Å². The van der Waals surface area contributed by atoms with Gasteiger partial charge in [0.15, 0.2) is 5.16 Å². The number of hydrogen-bond acceptors (Lipinski definition) is 6. The van der Waals surface area contributed by atoms with E-state index in [0.717, 1.165) is 5.56 Å². The minimum Gasteiger partial charge on any atom is -0.310 e. The van der Waals surface area contributed by atoms with Crippen LogP contribution in [0.5, 0.6) is 0 Å². The molecule has 5 rings (SSSR count). The Morgan fingerprint density at radius 2 is 1.79 bits per heavy atom. The Hall–Kier alpha value is -3.92. The molecule has 9 nitrogen and oxygen atoms in total. The summed E-state index contributed by atoms with van der Waals surface area (Å²) in [6, 6.07) is 19.0. The van der Waals surface area contributed by atoms with E-state index in [1.807, 2.05) is 66.8 Å². The molecule has 0 unspecified atom stereocenters. The highest BCUT2D eigenvalue weighted by Crippen LogP contribution is 2.22. The Labute approximate surface area is 199 Å². The molecule has 1 amide bonds. The van der Waals surface area contributed by atoms with Gasteiger partial charge in [-0.05, 0) is 31.5 Å². The molecular formula is C24H23N7O2S. The maximum Gasteiger partial charge on any atom is 0.263 e. The third kappa shape index (κ3) is 4.08. The van der Waals surface area contributed by atoms with Crippen LogP contribution in [0, 0.1) is 0 Å². The Kier molecular flexibility index (Phi) is 5.89. The summed E-state index contributed by atoms with van der Waals surface area (Å²) in [6.45, 7) is 4.37. The fourth-order valence-electron chi connectivity index (χ4n) is 3.87. The lowest BCUT2D eigenvalue weighted by atomic mass is 10.2. The number of thioether (sulfide) groups is 1. The van der Waals surface area contributed by atoms with Crippen LogP contribution < -0.4 is 10.9 Å². The number of carbonyl (C=O) groups is 1. The van der Waals surface area contributed by atoms with Gasteiger partial charge in [-0.2, -0.15) is 5.10 Å². The van der Waals surface area contributed by atoms with Crippen molar-refractivity contribution in [2.75, 3.05) is 11.1 Å². The van der Waals surface area contributed by atoms with E-state index in [9.17, 15) is 9.59 Å². The van der Waals surface area contributed by atoms with Crippen molar-refractivity contribution in [2.24, 2.45) is 0 Å². The van der Waals surface area contributed by atoms with Crippen LogP contribution in [0.15, 0.2) is 76.8 Å². The number of rotatable bonds is 7. The topological polar surface area (TPSA) is 99.1 Å². The number of carbonyl (C=O) groups excluding carboxylic acids is 1. The summed E-state index contributed by atoms with van der Waals surface area (Å²) < 4.78 is 5.22. The van der Waals surface area contributed by atoms with Crippen LogP contribution in [0.3, 0.4) is 0 Å². The summed E-state index contributed by atoms with van der Waals surface area (Å²) in [4.78, 5) is 25.9. The van der Waals surface area contributed by atoms with E-state index in [2.05, 4.69) is 20.6 Å². The SMILES string of the molecule is CC(C)n1nccc1NC(=O)CSc1nnc2n(Cc3ccccc3)c(=O)c3ccccc3n12. The van der Waals surface area contributed by atoms with Gasteiger partial charge in [0.1, 0.15) is 5.82 Å². The smallest absolute Gasteiger partial charge is 0.263 e. The first kappa shape index (κ1) is 21.9. The number of anilines is 1. The number of hydrogen-bond donors (Lipinski definition) is 1. The van der Waals surface area contributed by atoms with Crippen LogP contribution in [0.25, 0.3) is 16.7 Å². The molecule has 0 aliphatic carbocycles. The van der Waals surface area contributed by atoms with Crippen molar-refractivity contribution in [3.05, 3.63) is 82.8 Å². The highest BCUT2D eigenvalue weighted by Gasteiger charge is 2.18. The Morgan fingerprint density at radius 3 is 2.59 bits per heavy atom. The average Bonchev–Trinajstić information content (AvgIpc) is 3.48. The molecular weight excluding hydrogens is 450 g/mol. The number of benzene rings is 2. The van der Waals surface area contributed by atoms with Crippen LogP contribution in [0.2, 0.25) is 0 Å². The van der Waals surface area contributed by atoms with Crippen molar-refractivity contribution < 1.29 is 4.79 Å². The first-order valence-electron chi connectivity index (χ1n) is 10.9. The minimum atomic E-state index is -0.175. The van der Waals surface area contributed by atoms with Crippen molar-refractivity contribution in [3.8, 4) is 0 Å².